The molecular weight excluding hydrogens is 446 g/mol. The maximum absolute atomic E-state index is 12.5. The molecule has 2 amide bonds. The second kappa shape index (κ2) is 10.7. The summed E-state index contributed by atoms with van der Waals surface area (Å²) in [5.74, 6) is -0.443. The topological polar surface area (TPSA) is 88.7 Å². The fraction of sp³-hybridized carbons (Fsp3) is 0.211. The van der Waals surface area contributed by atoms with Crippen LogP contribution in [0.1, 0.15) is 26.3 Å². The van der Waals surface area contributed by atoms with Crippen LogP contribution in [0.15, 0.2) is 46.9 Å². The van der Waals surface area contributed by atoms with Crippen molar-refractivity contribution in [1.29, 1.82) is 0 Å². The Balaban J connectivity index is 1.96. The molecule has 0 spiro atoms. The Hall–Kier alpha value is -2.49. The summed E-state index contributed by atoms with van der Waals surface area (Å²) in [6.45, 7) is 2.52. The Kier molecular flexibility index (Phi) is 8.37. The Bertz CT molecular complexity index is 876. The lowest BCUT2D eigenvalue weighted by Gasteiger charge is -2.14. The molecule has 0 saturated heterocycles. The standard InChI is InChI=1S/C19H20BrN3O4S/c1-12-5-3-4-6-14(12)18(25)22-23-19(28)21-17(24)15-11-13(20)7-8-16(15)27-10-9-26-2/h3-8,11H,9-10H2,1-2H3,(H,22,25)(H2,21,23,24,28). The second-order valence-corrected chi connectivity index (χ2v) is 6.98. The Morgan fingerprint density at radius 3 is 2.50 bits per heavy atom. The molecule has 28 heavy (non-hydrogen) atoms. The number of rotatable bonds is 6. The lowest BCUT2D eigenvalue weighted by atomic mass is 10.1. The molecule has 3 N–H and O–H groups in total. The van der Waals surface area contributed by atoms with Gasteiger partial charge in [-0.3, -0.25) is 25.8 Å². The highest BCUT2D eigenvalue weighted by Gasteiger charge is 2.15. The zero-order valence-corrected chi connectivity index (χ0v) is 17.8. The molecule has 0 bridgehead atoms. The molecule has 2 aromatic carbocycles. The number of hydrogen-bond acceptors (Lipinski definition) is 5. The summed E-state index contributed by atoms with van der Waals surface area (Å²) in [6, 6.07) is 12.2. The van der Waals surface area contributed by atoms with Gasteiger partial charge in [0.15, 0.2) is 5.11 Å². The second-order valence-electron chi connectivity index (χ2n) is 5.66. The van der Waals surface area contributed by atoms with E-state index in [-0.39, 0.29) is 11.0 Å². The SMILES string of the molecule is COCCOc1ccc(Br)cc1C(=O)NC(=S)NNC(=O)c1ccccc1C. The van der Waals surface area contributed by atoms with Crippen molar-refractivity contribution in [3.8, 4) is 5.75 Å². The highest BCUT2D eigenvalue weighted by Crippen LogP contribution is 2.23. The summed E-state index contributed by atoms with van der Waals surface area (Å²) in [7, 11) is 1.56. The number of nitrogens with one attached hydrogen (secondary N) is 3. The van der Waals surface area contributed by atoms with Crippen LogP contribution in [-0.4, -0.2) is 37.3 Å². The number of aryl methyl sites for hydroxylation is 1. The molecule has 7 nitrogen and oxygen atoms in total. The van der Waals surface area contributed by atoms with Crippen LogP contribution < -0.4 is 20.9 Å². The molecule has 0 aliphatic heterocycles. The minimum atomic E-state index is -0.476. The molecule has 0 heterocycles. The van der Waals surface area contributed by atoms with Crippen LogP contribution in [0.25, 0.3) is 0 Å². The summed E-state index contributed by atoms with van der Waals surface area (Å²) in [5, 5.41) is 2.46. The molecule has 148 valence electrons. The van der Waals surface area contributed by atoms with Crippen LogP contribution >= 0.6 is 28.1 Å². The third-order valence-electron chi connectivity index (χ3n) is 3.64. The Morgan fingerprint density at radius 1 is 1.04 bits per heavy atom. The number of thiocarbonyl (C=S) groups is 1. The van der Waals surface area contributed by atoms with E-state index in [2.05, 4.69) is 32.1 Å². The van der Waals surface area contributed by atoms with Gasteiger partial charge in [0.2, 0.25) is 0 Å². The first-order valence-electron chi connectivity index (χ1n) is 8.31. The third kappa shape index (κ3) is 6.29. The first-order chi connectivity index (χ1) is 13.4. The smallest absolute Gasteiger partial charge is 0.269 e. The lowest BCUT2D eigenvalue weighted by molar-refractivity contribution is 0.0932. The zero-order chi connectivity index (χ0) is 20.5. The first-order valence-corrected chi connectivity index (χ1v) is 9.51. The summed E-state index contributed by atoms with van der Waals surface area (Å²) < 4.78 is 11.2. The monoisotopic (exact) mass is 465 g/mol. The zero-order valence-electron chi connectivity index (χ0n) is 15.4. The van der Waals surface area contributed by atoms with Crippen molar-refractivity contribution in [2.45, 2.75) is 6.92 Å². The molecule has 0 aliphatic carbocycles. The van der Waals surface area contributed by atoms with Crippen molar-refractivity contribution in [3.05, 3.63) is 63.6 Å². The number of methoxy groups -OCH3 is 1. The summed E-state index contributed by atoms with van der Waals surface area (Å²) in [4.78, 5) is 24.7. The predicted molar refractivity (Wildman–Crippen MR) is 113 cm³/mol. The average Bonchev–Trinajstić information content (AvgIpc) is 2.67. The van der Waals surface area contributed by atoms with Crippen LogP contribution in [0.3, 0.4) is 0 Å². The maximum Gasteiger partial charge on any atom is 0.269 e. The van der Waals surface area contributed by atoms with E-state index in [4.69, 9.17) is 21.7 Å². The number of carbonyl (C=O) groups is 2. The fourth-order valence-electron chi connectivity index (χ4n) is 2.25. The van der Waals surface area contributed by atoms with Gasteiger partial charge >= 0.3 is 0 Å². The number of amides is 2. The van der Waals surface area contributed by atoms with Gasteiger partial charge in [0.05, 0.1) is 12.2 Å². The van der Waals surface area contributed by atoms with E-state index in [0.717, 1.165) is 5.56 Å². The number of benzene rings is 2. The summed E-state index contributed by atoms with van der Waals surface area (Å²) in [5.41, 5.74) is 6.60. The molecule has 2 rings (SSSR count). The van der Waals surface area contributed by atoms with Crippen molar-refractivity contribution in [3.63, 3.8) is 0 Å². The predicted octanol–water partition coefficient (Wildman–Crippen LogP) is 2.73. The highest BCUT2D eigenvalue weighted by atomic mass is 79.9. The average molecular weight is 466 g/mol. The van der Waals surface area contributed by atoms with Crippen molar-refractivity contribution >= 4 is 45.1 Å². The van der Waals surface area contributed by atoms with Crippen molar-refractivity contribution in [2.75, 3.05) is 20.3 Å². The molecule has 0 aliphatic rings. The highest BCUT2D eigenvalue weighted by molar-refractivity contribution is 9.10. The van der Waals surface area contributed by atoms with Crippen LogP contribution in [0, 0.1) is 6.92 Å². The van der Waals surface area contributed by atoms with Crippen LogP contribution in [0.5, 0.6) is 5.75 Å². The van der Waals surface area contributed by atoms with Gasteiger partial charge in [-0.1, -0.05) is 34.1 Å². The molecule has 0 radical (unpaired) electrons. The maximum atomic E-state index is 12.5. The molecule has 2 aromatic rings. The molecule has 0 fully saturated rings. The quantitative estimate of drug-likeness (QED) is 0.345. The third-order valence-corrected chi connectivity index (χ3v) is 4.33. The van der Waals surface area contributed by atoms with Crippen molar-refractivity contribution < 1.29 is 19.1 Å². The number of hydrogen-bond donors (Lipinski definition) is 3. The van der Waals surface area contributed by atoms with Gasteiger partial charge in [-0.25, -0.2) is 0 Å². The summed E-state index contributed by atoms with van der Waals surface area (Å²) >= 11 is 8.41. The number of ether oxygens (including phenoxy) is 2. The van der Waals surface area contributed by atoms with Crippen LogP contribution in [0.2, 0.25) is 0 Å². The van der Waals surface area contributed by atoms with Gasteiger partial charge in [-0.05, 0) is 49.0 Å². The molecule has 0 atom stereocenters. The minimum Gasteiger partial charge on any atom is -0.490 e. The fourth-order valence-corrected chi connectivity index (χ4v) is 2.76. The lowest BCUT2D eigenvalue weighted by Crippen LogP contribution is -2.48. The number of halogens is 1. The first kappa shape index (κ1) is 21.8. The molecule has 0 aromatic heterocycles. The van der Waals surface area contributed by atoms with E-state index < -0.39 is 5.91 Å². The van der Waals surface area contributed by atoms with E-state index in [9.17, 15) is 9.59 Å². The van der Waals surface area contributed by atoms with Gasteiger partial charge in [0.25, 0.3) is 11.8 Å². The van der Waals surface area contributed by atoms with Gasteiger partial charge in [0.1, 0.15) is 12.4 Å². The largest absolute Gasteiger partial charge is 0.490 e. The Labute approximate surface area is 176 Å². The van der Waals surface area contributed by atoms with Gasteiger partial charge in [-0.2, -0.15) is 0 Å². The van der Waals surface area contributed by atoms with Gasteiger partial charge in [0, 0.05) is 17.1 Å². The normalized spacial score (nSPS) is 10.1. The molecule has 0 saturated carbocycles. The van der Waals surface area contributed by atoms with Crippen LogP contribution in [-0.2, 0) is 4.74 Å². The minimum absolute atomic E-state index is 0.0465. The van der Waals surface area contributed by atoms with Gasteiger partial charge < -0.3 is 9.47 Å². The van der Waals surface area contributed by atoms with E-state index in [1.807, 2.05) is 19.1 Å². The summed E-state index contributed by atoms with van der Waals surface area (Å²) in [6.07, 6.45) is 0. The van der Waals surface area contributed by atoms with E-state index >= 15 is 0 Å². The van der Waals surface area contributed by atoms with Gasteiger partial charge in [-0.15, -0.1) is 0 Å². The van der Waals surface area contributed by atoms with Crippen molar-refractivity contribution in [2.24, 2.45) is 0 Å². The molecular formula is C19H20BrN3O4S. The number of carbonyl (C=O) groups excluding carboxylic acids is 2. The van der Waals surface area contributed by atoms with E-state index in [1.54, 1.807) is 37.4 Å². The van der Waals surface area contributed by atoms with Crippen molar-refractivity contribution in [1.82, 2.24) is 16.2 Å². The van der Waals surface area contributed by atoms with Crippen LogP contribution in [0.4, 0.5) is 0 Å². The van der Waals surface area contributed by atoms with E-state index in [1.165, 1.54) is 0 Å². The molecule has 0 unspecified atom stereocenters. The number of hydrazine groups is 1. The van der Waals surface area contributed by atoms with E-state index in [0.29, 0.717) is 34.6 Å². The molecule has 9 heteroatoms. The Morgan fingerprint density at radius 2 is 1.79 bits per heavy atom.